The molecule has 0 fully saturated rings. The molecule has 28 heavy (non-hydrogen) atoms. The first-order valence-electron chi connectivity index (χ1n) is 9.53. The predicted molar refractivity (Wildman–Crippen MR) is 116 cm³/mol. The van der Waals surface area contributed by atoms with Gasteiger partial charge in [-0.2, -0.15) is 0 Å². The van der Waals surface area contributed by atoms with Gasteiger partial charge in [0.15, 0.2) is 0 Å². The van der Waals surface area contributed by atoms with Crippen molar-refractivity contribution in [2.75, 3.05) is 18.5 Å². The van der Waals surface area contributed by atoms with Crippen LogP contribution in [0.4, 0.5) is 5.69 Å². The number of rotatable bonds is 9. The fraction of sp³-hybridized carbons (Fsp3) is 0.208. The maximum Gasteiger partial charge on any atom is 0.310 e. The van der Waals surface area contributed by atoms with E-state index < -0.39 is 0 Å². The van der Waals surface area contributed by atoms with Crippen LogP contribution in [0.3, 0.4) is 0 Å². The second-order valence-electron chi connectivity index (χ2n) is 6.42. The number of nitrogens with one attached hydrogen (secondary N) is 1. The van der Waals surface area contributed by atoms with Crippen molar-refractivity contribution in [3.05, 3.63) is 90.0 Å². The number of ether oxygens (including phenoxy) is 1. The highest BCUT2D eigenvalue weighted by molar-refractivity contribution is 7.99. The minimum absolute atomic E-state index is 0.185. The van der Waals surface area contributed by atoms with Crippen LogP contribution in [0.15, 0.2) is 88.7 Å². The molecule has 3 rings (SSSR count). The zero-order valence-electron chi connectivity index (χ0n) is 16.1. The Labute approximate surface area is 171 Å². The second-order valence-corrected chi connectivity index (χ2v) is 7.56. The Morgan fingerprint density at radius 3 is 2.39 bits per heavy atom. The molecule has 0 saturated heterocycles. The summed E-state index contributed by atoms with van der Waals surface area (Å²) in [5, 5.41) is 3.47. The highest BCUT2D eigenvalue weighted by atomic mass is 32.2. The van der Waals surface area contributed by atoms with Gasteiger partial charge in [-0.1, -0.05) is 54.2 Å². The van der Waals surface area contributed by atoms with Gasteiger partial charge in [-0.3, -0.25) is 4.79 Å². The number of carbonyl (C=O) groups is 1. The van der Waals surface area contributed by atoms with Gasteiger partial charge in [0.1, 0.15) is 0 Å². The van der Waals surface area contributed by atoms with Crippen LogP contribution >= 0.6 is 11.8 Å². The zero-order valence-corrected chi connectivity index (χ0v) is 16.9. The molecule has 4 heteroatoms. The number of esters is 1. The topological polar surface area (TPSA) is 38.3 Å². The van der Waals surface area contributed by atoms with E-state index in [-0.39, 0.29) is 5.97 Å². The Morgan fingerprint density at radius 1 is 0.893 bits per heavy atom. The lowest BCUT2D eigenvalue weighted by Gasteiger charge is -2.08. The molecule has 0 saturated carbocycles. The van der Waals surface area contributed by atoms with Gasteiger partial charge in [0.25, 0.3) is 0 Å². The predicted octanol–water partition coefficient (Wildman–Crippen LogP) is 5.60. The van der Waals surface area contributed by atoms with E-state index in [1.54, 1.807) is 11.8 Å². The third-order valence-corrected chi connectivity index (χ3v) is 5.23. The normalized spacial score (nSPS) is 10.5. The van der Waals surface area contributed by atoms with Crippen molar-refractivity contribution in [2.45, 2.75) is 29.6 Å². The summed E-state index contributed by atoms with van der Waals surface area (Å²) in [5.74, 6) is -0.185. The summed E-state index contributed by atoms with van der Waals surface area (Å²) in [6.45, 7) is 3.15. The third kappa shape index (κ3) is 6.46. The lowest BCUT2D eigenvalue weighted by Crippen LogP contribution is -2.07. The molecule has 0 unspecified atom stereocenters. The quantitative estimate of drug-likeness (QED) is 0.482. The molecule has 3 aromatic carbocycles. The van der Waals surface area contributed by atoms with Gasteiger partial charge in [0, 0.05) is 22.0 Å². The van der Waals surface area contributed by atoms with E-state index in [9.17, 15) is 4.79 Å². The summed E-state index contributed by atoms with van der Waals surface area (Å²) < 4.78 is 5.02. The van der Waals surface area contributed by atoms with Gasteiger partial charge in [0.2, 0.25) is 0 Å². The number of carbonyl (C=O) groups excluding carboxylic acids is 1. The van der Waals surface area contributed by atoms with Crippen LogP contribution < -0.4 is 5.32 Å². The highest BCUT2D eigenvalue weighted by Gasteiger charge is 2.05. The maximum atomic E-state index is 11.7. The Hall–Kier alpha value is -2.72. The van der Waals surface area contributed by atoms with Crippen molar-refractivity contribution in [3.8, 4) is 0 Å². The van der Waals surface area contributed by atoms with Gasteiger partial charge in [-0.25, -0.2) is 0 Å². The van der Waals surface area contributed by atoms with Crippen LogP contribution in [0.25, 0.3) is 0 Å². The molecule has 3 nitrogen and oxygen atoms in total. The van der Waals surface area contributed by atoms with E-state index in [0.717, 1.165) is 29.1 Å². The highest BCUT2D eigenvalue weighted by Crippen LogP contribution is 2.29. The molecule has 0 atom stereocenters. The number of hydrogen-bond donors (Lipinski definition) is 1. The van der Waals surface area contributed by atoms with E-state index in [4.69, 9.17) is 4.74 Å². The van der Waals surface area contributed by atoms with Crippen LogP contribution in [0.5, 0.6) is 0 Å². The van der Waals surface area contributed by atoms with E-state index in [0.29, 0.717) is 13.0 Å². The van der Waals surface area contributed by atoms with Crippen LogP contribution in [0.1, 0.15) is 18.1 Å². The molecular weight excluding hydrogens is 366 g/mol. The van der Waals surface area contributed by atoms with Gasteiger partial charge in [-0.05, 0) is 60.9 Å². The first-order valence-corrected chi connectivity index (χ1v) is 10.3. The van der Waals surface area contributed by atoms with Gasteiger partial charge < -0.3 is 10.1 Å². The summed E-state index contributed by atoms with van der Waals surface area (Å²) in [6, 6.07) is 27.0. The average molecular weight is 392 g/mol. The fourth-order valence-electron chi connectivity index (χ4n) is 2.87. The standard InChI is InChI=1S/C24H25NO2S/c1-2-27-24(26)18-20-9-6-10-23(17-20)28-22-13-11-21(12-14-22)25-16-15-19-7-4-3-5-8-19/h3-14,17,25H,2,15-16,18H2,1H3. The van der Waals surface area contributed by atoms with Gasteiger partial charge >= 0.3 is 5.97 Å². The number of anilines is 1. The molecule has 0 aliphatic rings. The zero-order chi connectivity index (χ0) is 19.6. The van der Waals surface area contributed by atoms with E-state index >= 15 is 0 Å². The smallest absolute Gasteiger partial charge is 0.310 e. The summed E-state index contributed by atoms with van der Waals surface area (Å²) >= 11 is 1.69. The summed E-state index contributed by atoms with van der Waals surface area (Å²) in [5.41, 5.74) is 3.43. The van der Waals surface area contributed by atoms with Crippen molar-refractivity contribution in [1.29, 1.82) is 0 Å². The van der Waals surface area contributed by atoms with E-state index in [1.165, 1.54) is 10.5 Å². The molecule has 0 bridgehead atoms. The number of hydrogen-bond acceptors (Lipinski definition) is 4. The SMILES string of the molecule is CCOC(=O)Cc1cccc(Sc2ccc(NCCc3ccccc3)cc2)c1. The molecule has 1 N–H and O–H groups in total. The molecule has 0 spiro atoms. The lowest BCUT2D eigenvalue weighted by atomic mass is 10.1. The monoisotopic (exact) mass is 391 g/mol. The molecule has 0 radical (unpaired) electrons. The summed E-state index contributed by atoms with van der Waals surface area (Å²) in [7, 11) is 0. The van der Waals surface area contributed by atoms with Gasteiger partial charge in [-0.15, -0.1) is 0 Å². The Kier molecular flexibility index (Phi) is 7.56. The summed E-state index contributed by atoms with van der Waals surface area (Å²) in [4.78, 5) is 13.9. The molecule has 3 aromatic rings. The third-order valence-electron chi connectivity index (χ3n) is 4.23. The van der Waals surface area contributed by atoms with Crippen LogP contribution in [-0.4, -0.2) is 19.1 Å². The minimum Gasteiger partial charge on any atom is -0.466 e. The van der Waals surface area contributed by atoms with E-state index in [1.807, 2.05) is 31.2 Å². The van der Waals surface area contributed by atoms with Crippen molar-refractivity contribution in [2.24, 2.45) is 0 Å². The Balaban J connectivity index is 1.52. The largest absolute Gasteiger partial charge is 0.466 e. The molecule has 0 amide bonds. The molecule has 0 aliphatic carbocycles. The maximum absolute atomic E-state index is 11.7. The Bertz CT molecular complexity index is 879. The van der Waals surface area contributed by atoms with Crippen molar-refractivity contribution in [1.82, 2.24) is 0 Å². The molecule has 0 aromatic heterocycles. The average Bonchev–Trinajstić information content (AvgIpc) is 2.71. The fourth-order valence-corrected chi connectivity index (χ4v) is 3.77. The number of benzene rings is 3. The molecular formula is C24H25NO2S. The Morgan fingerprint density at radius 2 is 1.64 bits per heavy atom. The minimum atomic E-state index is -0.185. The van der Waals surface area contributed by atoms with Crippen LogP contribution in [-0.2, 0) is 22.4 Å². The van der Waals surface area contributed by atoms with Crippen molar-refractivity contribution >= 4 is 23.4 Å². The van der Waals surface area contributed by atoms with Crippen LogP contribution in [0, 0.1) is 0 Å². The van der Waals surface area contributed by atoms with Crippen LogP contribution in [0.2, 0.25) is 0 Å². The van der Waals surface area contributed by atoms with Gasteiger partial charge in [0.05, 0.1) is 13.0 Å². The van der Waals surface area contributed by atoms with Crippen molar-refractivity contribution in [3.63, 3.8) is 0 Å². The van der Waals surface area contributed by atoms with Crippen molar-refractivity contribution < 1.29 is 9.53 Å². The molecule has 0 heterocycles. The lowest BCUT2D eigenvalue weighted by molar-refractivity contribution is -0.142. The summed E-state index contributed by atoms with van der Waals surface area (Å²) in [6.07, 6.45) is 1.32. The second kappa shape index (κ2) is 10.6. The first kappa shape index (κ1) is 20.0. The first-order chi connectivity index (χ1) is 13.7. The molecule has 0 aliphatic heterocycles. The molecule has 144 valence electrons. The van der Waals surface area contributed by atoms with E-state index in [2.05, 4.69) is 59.9 Å².